The van der Waals surface area contributed by atoms with Gasteiger partial charge in [0.2, 0.25) is 0 Å². The molecule has 0 aliphatic carbocycles. The van der Waals surface area contributed by atoms with Crippen LogP contribution in [0.2, 0.25) is 0 Å². The molecule has 0 saturated heterocycles. The fraction of sp³-hybridized carbons (Fsp3) is 0.0667. The molecule has 0 spiro atoms. The van der Waals surface area contributed by atoms with E-state index in [1.807, 2.05) is 30.3 Å². The van der Waals surface area contributed by atoms with Crippen molar-refractivity contribution in [2.75, 3.05) is 0 Å². The van der Waals surface area contributed by atoms with Gasteiger partial charge in [-0.25, -0.2) is 4.39 Å². The molecule has 0 aliphatic rings. The molecule has 2 nitrogen and oxygen atoms in total. The quantitative estimate of drug-likeness (QED) is 0.610. The SMILES string of the molecule is N#CC(=O)c1ccc(F)c(Cc2ccccc2)c1. The molecule has 0 N–H and O–H groups in total. The van der Waals surface area contributed by atoms with Crippen molar-refractivity contribution in [3.05, 3.63) is 71.0 Å². The number of hydrogen-bond donors (Lipinski definition) is 0. The van der Waals surface area contributed by atoms with E-state index in [1.165, 1.54) is 24.3 Å². The molecule has 0 atom stereocenters. The summed E-state index contributed by atoms with van der Waals surface area (Å²) >= 11 is 0. The molecule has 0 radical (unpaired) electrons. The Morgan fingerprint density at radius 1 is 1.17 bits per heavy atom. The van der Waals surface area contributed by atoms with Gasteiger partial charge in [0.15, 0.2) is 0 Å². The van der Waals surface area contributed by atoms with Crippen molar-refractivity contribution in [3.8, 4) is 6.07 Å². The number of carbonyl (C=O) groups is 1. The first-order valence-corrected chi connectivity index (χ1v) is 5.47. The van der Waals surface area contributed by atoms with Crippen LogP contribution in [0.3, 0.4) is 0 Å². The third-order valence-corrected chi connectivity index (χ3v) is 2.65. The number of rotatable bonds is 3. The largest absolute Gasteiger partial charge is 0.277 e. The molecule has 2 aromatic carbocycles. The Bertz CT molecular complexity index is 614. The Hall–Kier alpha value is -2.47. The van der Waals surface area contributed by atoms with Crippen molar-refractivity contribution in [2.24, 2.45) is 0 Å². The highest BCUT2D eigenvalue weighted by atomic mass is 19.1. The lowest BCUT2D eigenvalue weighted by Gasteiger charge is -2.04. The van der Waals surface area contributed by atoms with Crippen LogP contribution in [0.25, 0.3) is 0 Å². The van der Waals surface area contributed by atoms with E-state index in [0.29, 0.717) is 12.0 Å². The first-order valence-electron chi connectivity index (χ1n) is 5.47. The number of benzene rings is 2. The third-order valence-electron chi connectivity index (χ3n) is 2.65. The zero-order valence-corrected chi connectivity index (χ0v) is 9.56. The number of nitrogens with zero attached hydrogens (tertiary/aromatic N) is 1. The van der Waals surface area contributed by atoms with Gasteiger partial charge in [-0.3, -0.25) is 4.79 Å². The van der Waals surface area contributed by atoms with Crippen LogP contribution in [0, 0.1) is 17.1 Å². The topological polar surface area (TPSA) is 40.9 Å². The van der Waals surface area contributed by atoms with Crippen molar-refractivity contribution >= 4 is 5.78 Å². The van der Waals surface area contributed by atoms with Crippen LogP contribution in [0.1, 0.15) is 21.5 Å². The number of Topliss-reactive ketones (excluding diaryl/α,β-unsaturated/α-hetero) is 1. The van der Waals surface area contributed by atoms with Gasteiger partial charge < -0.3 is 0 Å². The molecule has 0 bridgehead atoms. The van der Waals surface area contributed by atoms with Crippen LogP contribution in [-0.4, -0.2) is 5.78 Å². The van der Waals surface area contributed by atoms with E-state index < -0.39 is 5.78 Å². The van der Waals surface area contributed by atoms with Crippen molar-refractivity contribution in [2.45, 2.75) is 6.42 Å². The molecule has 88 valence electrons. The van der Waals surface area contributed by atoms with Crippen molar-refractivity contribution in [1.29, 1.82) is 5.26 Å². The molecule has 3 heteroatoms. The lowest BCUT2D eigenvalue weighted by Crippen LogP contribution is -1.99. The minimum Gasteiger partial charge on any atom is -0.277 e. The Morgan fingerprint density at radius 2 is 1.89 bits per heavy atom. The van der Waals surface area contributed by atoms with E-state index in [2.05, 4.69) is 0 Å². The summed E-state index contributed by atoms with van der Waals surface area (Å²) in [4.78, 5) is 11.2. The smallest absolute Gasteiger partial charge is 0.262 e. The van der Waals surface area contributed by atoms with Crippen LogP contribution in [0.15, 0.2) is 48.5 Å². The van der Waals surface area contributed by atoms with Gasteiger partial charge in [-0.15, -0.1) is 0 Å². The summed E-state index contributed by atoms with van der Waals surface area (Å²) in [7, 11) is 0. The molecular formula is C15H10FNO. The van der Waals surface area contributed by atoms with Crippen molar-refractivity contribution < 1.29 is 9.18 Å². The predicted molar refractivity (Wildman–Crippen MR) is 65.6 cm³/mol. The van der Waals surface area contributed by atoms with Gasteiger partial charge >= 0.3 is 0 Å². The molecule has 0 unspecified atom stereocenters. The molecule has 0 heterocycles. The monoisotopic (exact) mass is 239 g/mol. The van der Waals surface area contributed by atoms with Gasteiger partial charge in [0.1, 0.15) is 11.9 Å². The van der Waals surface area contributed by atoms with E-state index >= 15 is 0 Å². The molecule has 0 amide bonds. The molecule has 2 aromatic rings. The van der Waals surface area contributed by atoms with Gasteiger partial charge in [-0.05, 0) is 29.3 Å². The maximum Gasteiger partial charge on any atom is 0.262 e. The highest BCUT2D eigenvalue weighted by Gasteiger charge is 2.09. The average Bonchev–Trinajstić information content (AvgIpc) is 2.41. The highest BCUT2D eigenvalue weighted by Crippen LogP contribution is 2.15. The third kappa shape index (κ3) is 2.61. The fourth-order valence-electron chi connectivity index (χ4n) is 1.73. The summed E-state index contributed by atoms with van der Waals surface area (Å²) in [6.45, 7) is 0. The van der Waals surface area contributed by atoms with Crippen LogP contribution in [-0.2, 0) is 6.42 Å². The number of nitriles is 1. The standard InChI is InChI=1S/C15H10FNO/c16-14-7-6-12(15(18)10-17)9-13(14)8-11-4-2-1-3-5-11/h1-7,9H,8H2. The minimum atomic E-state index is -0.649. The summed E-state index contributed by atoms with van der Waals surface area (Å²) in [5, 5.41) is 8.54. The Balaban J connectivity index is 2.33. The first kappa shape index (κ1) is 12.0. The van der Waals surface area contributed by atoms with E-state index in [9.17, 15) is 9.18 Å². The zero-order chi connectivity index (χ0) is 13.0. The summed E-state index contributed by atoms with van der Waals surface area (Å²) in [6, 6.07) is 14.9. The summed E-state index contributed by atoms with van der Waals surface area (Å²) in [5.74, 6) is -1.02. The first-order chi connectivity index (χ1) is 8.70. The average molecular weight is 239 g/mol. The Morgan fingerprint density at radius 3 is 2.56 bits per heavy atom. The molecule has 0 aliphatic heterocycles. The molecular weight excluding hydrogens is 229 g/mol. The second-order valence-electron chi connectivity index (χ2n) is 3.91. The molecule has 0 fully saturated rings. The van der Waals surface area contributed by atoms with E-state index in [4.69, 9.17) is 5.26 Å². The molecule has 2 rings (SSSR count). The normalized spacial score (nSPS) is 9.78. The van der Waals surface area contributed by atoms with Gasteiger partial charge in [0.05, 0.1) is 0 Å². The van der Waals surface area contributed by atoms with E-state index in [1.54, 1.807) is 0 Å². The second-order valence-corrected chi connectivity index (χ2v) is 3.91. The fourth-order valence-corrected chi connectivity index (χ4v) is 1.73. The summed E-state index contributed by atoms with van der Waals surface area (Å²) < 4.78 is 13.6. The van der Waals surface area contributed by atoms with Crippen molar-refractivity contribution in [3.63, 3.8) is 0 Å². The molecule has 0 saturated carbocycles. The van der Waals surface area contributed by atoms with Crippen LogP contribution in [0.5, 0.6) is 0 Å². The number of hydrogen-bond acceptors (Lipinski definition) is 2. The lowest BCUT2D eigenvalue weighted by atomic mass is 10.0. The van der Waals surface area contributed by atoms with Crippen LogP contribution in [0.4, 0.5) is 4.39 Å². The Labute approximate surface area is 104 Å². The highest BCUT2D eigenvalue weighted by molar-refractivity contribution is 6.07. The zero-order valence-electron chi connectivity index (χ0n) is 9.56. The lowest BCUT2D eigenvalue weighted by molar-refractivity contribution is 0.105. The van der Waals surface area contributed by atoms with Gasteiger partial charge in [0, 0.05) is 12.0 Å². The van der Waals surface area contributed by atoms with Crippen LogP contribution >= 0.6 is 0 Å². The summed E-state index contributed by atoms with van der Waals surface area (Å²) in [6.07, 6.45) is 0.402. The van der Waals surface area contributed by atoms with E-state index in [0.717, 1.165) is 5.56 Å². The number of halogens is 1. The minimum absolute atomic E-state index is 0.227. The maximum absolute atomic E-state index is 13.6. The van der Waals surface area contributed by atoms with Gasteiger partial charge in [-0.1, -0.05) is 30.3 Å². The van der Waals surface area contributed by atoms with Crippen LogP contribution < -0.4 is 0 Å². The van der Waals surface area contributed by atoms with E-state index in [-0.39, 0.29) is 11.4 Å². The predicted octanol–water partition coefficient (Wildman–Crippen LogP) is 3.12. The molecule has 18 heavy (non-hydrogen) atoms. The van der Waals surface area contributed by atoms with Crippen molar-refractivity contribution in [1.82, 2.24) is 0 Å². The van der Waals surface area contributed by atoms with Gasteiger partial charge in [0.25, 0.3) is 5.78 Å². The molecule has 0 aromatic heterocycles. The number of ketones is 1. The summed E-state index contributed by atoms with van der Waals surface area (Å²) in [5.41, 5.74) is 1.60. The van der Waals surface area contributed by atoms with Gasteiger partial charge in [-0.2, -0.15) is 5.26 Å². The maximum atomic E-state index is 13.6. The Kier molecular flexibility index (Phi) is 3.49. The number of carbonyl (C=O) groups excluding carboxylic acids is 1. The second kappa shape index (κ2) is 5.24.